The number of nitrogens with two attached hydrogens (primary N) is 1. The number of aliphatic hydroxyl groups is 1. The molecular formula is C8H13NO3S2. The van der Waals surface area contributed by atoms with Gasteiger partial charge in [-0.25, -0.2) is 13.6 Å². The van der Waals surface area contributed by atoms with Gasteiger partial charge in [-0.1, -0.05) is 0 Å². The Morgan fingerprint density at radius 2 is 2.00 bits per heavy atom. The van der Waals surface area contributed by atoms with E-state index in [1.165, 1.54) is 13.8 Å². The second kappa shape index (κ2) is 3.30. The third-order valence-electron chi connectivity index (χ3n) is 1.74. The van der Waals surface area contributed by atoms with E-state index in [0.29, 0.717) is 5.56 Å². The first-order valence-corrected chi connectivity index (χ1v) is 6.35. The van der Waals surface area contributed by atoms with Gasteiger partial charge < -0.3 is 5.11 Å². The van der Waals surface area contributed by atoms with E-state index in [-0.39, 0.29) is 4.21 Å². The van der Waals surface area contributed by atoms with E-state index in [1.807, 2.05) is 0 Å². The molecule has 0 aromatic carbocycles. The molecule has 0 aliphatic heterocycles. The number of sulfonamides is 1. The molecule has 0 amide bonds. The summed E-state index contributed by atoms with van der Waals surface area (Å²) in [6.45, 7) is 4.83. The molecule has 0 fully saturated rings. The largest absolute Gasteiger partial charge is 0.386 e. The quantitative estimate of drug-likeness (QED) is 0.800. The molecule has 1 aromatic heterocycles. The van der Waals surface area contributed by atoms with Gasteiger partial charge in [0.2, 0.25) is 10.0 Å². The summed E-state index contributed by atoms with van der Waals surface area (Å²) in [6, 6.07) is 1.64. The lowest BCUT2D eigenvalue weighted by atomic mass is 10.0. The number of rotatable bonds is 2. The molecule has 6 heteroatoms. The number of aryl methyl sites for hydroxylation is 1. The van der Waals surface area contributed by atoms with E-state index in [0.717, 1.165) is 16.2 Å². The standard InChI is InChI=1S/C8H13NO3S2/c1-5-4-6(8(2,3)10)7(13-5)14(9,11)12/h4,10H,1-3H3,(H2,9,11,12). The first-order valence-electron chi connectivity index (χ1n) is 3.98. The van der Waals surface area contributed by atoms with Crippen molar-refractivity contribution in [1.82, 2.24) is 0 Å². The first kappa shape index (κ1) is 11.6. The summed E-state index contributed by atoms with van der Waals surface area (Å²) in [6.07, 6.45) is 0. The van der Waals surface area contributed by atoms with Crippen LogP contribution in [0.1, 0.15) is 24.3 Å². The van der Waals surface area contributed by atoms with Crippen LogP contribution in [0, 0.1) is 6.92 Å². The van der Waals surface area contributed by atoms with Gasteiger partial charge >= 0.3 is 0 Å². The molecule has 0 saturated carbocycles. The van der Waals surface area contributed by atoms with Gasteiger partial charge in [0.15, 0.2) is 0 Å². The zero-order chi connectivity index (χ0) is 11.1. The predicted molar refractivity (Wildman–Crippen MR) is 55.7 cm³/mol. The Bertz CT molecular complexity index is 440. The minimum absolute atomic E-state index is 0.0440. The van der Waals surface area contributed by atoms with Crippen LogP contribution in [0.5, 0.6) is 0 Å². The third kappa shape index (κ3) is 2.33. The lowest BCUT2D eigenvalue weighted by Gasteiger charge is -2.16. The molecule has 4 nitrogen and oxygen atoms in total. The summed E-state index contributed by atoms with van der Waals surface area (Å²) in [4.78, 5) is 0.811. The zero-order valence-electron chi connectivity index (χ0n) is 8.23. The summed E-state index contributed by atoms with van der Waals surface area (Å²) < 4.78 is 22.4. The van der Waals surface area contributed by atoms with Crippen molar-refractivity contribution in [1.29, 1.82) is 0 Å². The number of thiophene rings is 1. The minimum Gasteiger partial charge on any atom is -0.386 e. The van der Waals surface area contributed by atoms with E-state index >= 15 is 0 Å². The fourth-order valence-corrected chi connectivity index (χ4v) is 3.49. The van der Waals surface area contributed by atoms with Crippen molar-refractivity contribution in [3.8, 4) is 0 Å². The maximum absolute atomic E-state index is 11.2. The molecule has 0 aliphatic rings. The predicted octanol–water partition coefficient (Wildman–Crippen LogP) is 0.931. The highest BCUT2D eigenvalue weighted by atomic mass is 32.2. The van der Waals surface area contributed by atoms with Crippen LogP contribution in [0.2, 0.25) is 0 Å². The molecule has 1 aromatic rings. The van der Waals surface area contributed by atoms with Crippen LogP contribution in [-0.2, 0) is 15.6 Å². The highest BCUT2D eigenvalue weighted by molar-refractivity contribution is 7.91. The van der Waals surface area contributed by atoms with E-state index in [4.69, 9.17) is 5.14 Å². The van der Waals surface area contributed by atoms with E-state index < -0.39 is 15.6 Å². The summed E-state index contributed by atoms with van der Waals surface area (Å²) in [5, 5.41) is 14.8. The Balaban J connectivity index is 3.46. The van der Waals surface area contributed by atoms with Gasteiger partial charge in [-0.15, -0.1) is 11.3 Å². The van der Waals surface area contributed by atoms with Crippen LogP contribution >= 0.6 is 11.3 Å². The van der Waals surface area contributed by atoms with Crippen molar-refractivity contribution >= 4 is 21.4 Å². The van der Waals surface area contributed by atoms with Crippen LogP contribution in [-0.4, -0.2) is 13.5 Å². The lowest BCUT2D eigenvalue weighted by Crippen LogP contribution is -2.21. The monoisotopic (exact) mass is 235 g/mol. The maximum Gasteiger partial charge on any atom is 0.247 e. The van der Waals surface area contributed by atoms with Gasteiger partial charge in [0, 0.05) is 10.4 Å². The highest BCUT2D eigenvalue weighted by Crippen LogP contribution is 2.33. The van der Waals surface area contributed by atoms with E-state index in [9.17, 15) is 13.5 Å². The Morgan fingerprint density at radius 3 is 2.29 bits per heavy atom. The molecule has 0 aliphatic carbocycles. The van der Waals surface area contributed by atoms with Gasteiger partial charge in [-0.2, -0.15) is 0 Å². The fraction of sp³-hybridized carbons (Fsp3) is 0.500. The third-order valence-corrected chi connectivity index (χ3v) is 4.27. The molecule has 14 heavy (non-hydrogen) atoms. The van der Waals surface area contributed by atoms with Crippen molar-refractivity contribution in [3.63, 3.8) is 0 Å². The van der Waals surface area contributed by atoms with Crippen molar-refractivity contribution in [2.24, 2.45) is 5.14 Å². The average Bonchev–Trinajstić information content (AvgIpc) is 2.27. The molecule has 0 unspecified atom stereocenters. The fourth-order valence-electron chi connectivity index (χ4n) is 1.13. The number of primary sulfonamides is 1. The van der Waals surface area contributed by atoms with E-state index in [2.05, 4.69) is 0 Å². The number of hydrogen-bond donors (Lipinski definition) is 2. The van der Waals surface area contributed by atoms with Crippen LogP contribution < -0.4 is 5.14 Å². The maximum atomic E-state index is 11.2. The molecule has 1 heterocycles. The zero-order valence-corrected chi connectivity index (χ0v) is 9.87. The normalized spacial score (nSPS) is 13.2. The Hall–Kier alpha value is -0.430. The van der Waals surface area contributed by atoms with Gasteiger partial charge in [-0.3, -0.25) is 0 Å². The first-order chi connectivity index (χ1) is 6.12. The van der Waals surface area contributed by atoms with Crippen molar-refractivity contribution in [3.05, 3.63) is 16.5 Å². The van der Waals surface area contributed by atoms with E-state index in [1.54, 1.807) is 13.0 Å². The van der Waals surface area contributed by atoms with Gasteiger partial charge in [-0.05, 0) is 26.8 Å². The van der Waals surface area contributed by atoms with Crippen LogP contribution in [0.15, 0.2) is 10.3 Å². The summed E-state index contributed by atoms with van der Waals surface area (Å²) in [5.74, 6) is 0. The molecule has 0 spiro atoms. The van der Waals surface area contributed by atoms with Crippen LogP contribution in [0.25, 0.3) is 0 Å². The van der Waals surface area contributed by atoms with Crippen LogP contribution in [0.4, 0.5) is 0 Å². The van der Waals surface area contributed by atoms with Crippen molar-refractivity contribution < 1.29 is 13.5 Å². The second-order valence-electron chi connectivity index (χ2n) is 3.66. The molecule has 0 saturated heterocycles. The highest BCUT2D eigenvalue weighted by Gasteiger charge is 2.27. The van der Waals surface area contributed by atoms with Crippen LogP contribution in [0.3, 0.4) is 0 Å². The molecule has 80 valence electrons. The topological polar surface area (TPSA) is 80.4 Å². The minimum atomic E-state index is -3.74. The smallest absolute Gasteiger partial charge is 0.247 e. The second-order valence-corrected chi connectivity index (χ2v) is 6.68. The molecule has 0 bridgehead atoms. The molecule has 1 rings (SSSR count). The SMILES string of the molecule is Cc1cc(C(C)(C)O)c(S(N)(=O)=O)s1. The van der Waals surface area contributed by atoms with Crippen molar-refractivity contribution in [2.45, 2.75) is 30.6 Å². The molecule has 0 radical (unpaired) electrons. The van der Waals surface area contributed by atoms with Gasteiger partial charge in [0.1, 0.15) is 4.21 Å². The number of hydrogen-bond acceptors (Lipinski definition) is 4. The summed E-state index contributed by atoms with van der Waals surface area (Å²) in [5.41, 5.74) is -0.825. The molecule has 3 N–H and O–H groups in total. The van der Waals surface area contributed by atoms with Crippen molar-refractivity contribution in [2.75, 3.05) is 0 Å². The molecular weight excluding hydrogens is 222 g/mol. The summed E-state index contributed by atoms with van der Waals surface area (Å²) in [7, 11) is -3.74. The molecule has 0 atom stereocenters. The Kier molecular flexibility index (Phi) is 2.75. The summed E-state index contributed by atoms with van der Waals surface area (Å²) >= 11 is 1.08. The lowest BCUT2D eigenvalue weighted by molar-refractivity contribution is 0.0763. The Morgan fingerprint density at radius 1 is 1.50 bits per heavy atom. The Labute approximate surface area is 87.4 Å². The average molecular weight is 235 g/mol. The van der Waals surface area contributed by atoms with Gasteiger partial charge in [0.05, 0.1) is 5.60 Å². The van der Waals surface area contributed by atoms with Gasteiger partial charge in [0.25, 0.3) is 0 Å².